The Hall–Kier alpha value is -1.85. The number of rotatable bonds is 4. The maximum Gasteiger partial charge on any atom is 0.270 e. The molecule has 2 rings (SSSR count). The Kier molecular flexibility index (Phi) is 4.42. The highest BCUT2D eigenvalue weighted by atomic mass is 35.5. The molecule has 0 saturated carbocycles. The van der Waals surface area contributed by atoms with Crippen LogP contribution in [0.3, 0.4) is 0 Å². The third-order valence-corrected chi connectivity index (χ3v) is 3.88. The topological polar surface area (TPSA) is 60.2 Å². The van der Waals surface area contributed by atoms with Crippen LogP contribution in [-0.2, 0) is 0 Å². The lowest BCUT2D eigenvalue weighted by Crippen LogP contribution is -1.97. The van der Waals surface area contributed by atoms with Crippen LogP contribution in [0, 0.1) is 10.1 Å². The molecule has 2 aromatic carbocycles. The number of hydrogen-bond donors (Lipinski definition) is 0. The number of ketones is 1. The van der Waals surface area contributed by atoms with E-state index in [9.17, 15) is 14.9 Å². The lowest BCUT2D eigenvalue weighted by Gasteiger charge is -2.07. The molecule has 0 atom stereocenters. The van der Waals surface area contributed by atoms with E-state index in [2.05, 4.69) is 0 Å². The van der Waals surface area contributed by atoms with Gasteiger partial charge < -0.3 is 0 Å². The van der Waals surface area contributed by atoms with Gasteiger partial charge in [-0.1, -0.05) is 29.4 Å². The molecule has 0 spiro atoms. The Morgan fingerprint density at radius 2 is 2.00 bits per heavy atom. The number of nitro groups is 1. The molecule has 0 bridgehead atoms. The maximum absolute atomic E-state index is 11.6. The Morgan fingerprint density at radius 3 is 2.60 bits per heavy atom. The number of Topliss-reactive ketones (excluding diaryl/α,β-unsaturated/α-hetero) is 1. The molecule has 0 unspecified atom stereocenters. The summed E-state index contributed by atoms with van der Waals surface area (Å²) in [5, 5.41) is 11.4. The summed E-state index contributed by atoms with van der Waals surface area (Å²) in [6, 6.07) is 11.5. The average molecular weight is 308 g/mol. The summed E-state index contributed by atoms with van der Waals surface area (Å²) >= 11 is 7.26. The number of carbonyl (C=O) groups is 1. The van der Waals surface area contributed by atoms with E-state index in [0.29, 0.717) is 15.5 Å². The molecule has 0 aliphatic rings. The molecular weight excluding hydrogens is 298 g/mol. The van der Waals surface area contributed by atoms with Crippen LogP contribution >= 0.6 is 23.4 Å². The van der Waals surface area contributed by atoms with Crippen LogP contribution in [0.2, 0.25) is 5.02 Å². The lowest BCUT2D eigenvalue weighted by atomic mass is 10.1. The van der Waals surface area contributed by atoms with Crippen LogP contribution in [-0.4, -0.2) is 10.7 Å². The van der Waals surface area contributed by atoms with Gasteiger partial charge in [0.2, 0.25) is 0 Å². The molecule has 0 aliphatic carbocycles. The average Bonchev–Trinajstić information content (AvgIpc) is 2.38. The van der Waals surface area contributed by atoms with Gasteiger partial charge in [0.05, 0.1) is 4.92 Å². The van der Waals surface area contributed by atoms with Crippen molar-refractivity contribution in [3.05, 3.63) is 63.2 Å². The largest absolute Gasteiger partial charge is 0.294 e. The fraction of sp³-hybridized carbons (Fsp3) is 0.0714. The molecule has 0 saturated heterocycles. The number of nitrogens with zero attached hydrogens (tertiary/aromatic N) is 1. The SMILES string of the molecule is CC(=O)c1cc([N+](=O)[O-])ccc1Sc1cccc(Cl)c1. The van der Waals surface area contributed by atoms with Crippen molar-refractivity contribution in [1.29, 1.82) is 0 Å². The molecule has 6 heteroatoms. The fourth-order valence-corrected chi connectivity index (χ4v) is 2.94. The van der Waals surface area contributed by atoms with Gasteiger partial charge in [-0.05, 0) is 31.2 Å². The van der Waals surface area contributed by atoms with Gasteiger partial charge in [-0.15, -0.1) is 0 Å². The van der Waals surface area contributed by atoms with E-state index in [1.807, 2.05) is 12.1 Å². The van der Waals surface area contributed by atoms with Crippen molar-refractivity contribution >= 4 is 34.8 Å². The van der Waals surface area contributed by atoms with Gasteiger partial charge in [0.1, 0.15) is 0 Å². The standard InChI is InChI=1S/C14H10ClNO3S/c1-9(17)13-8-11(16(18)19)5-6-14(13)20-12-4-2-3-10(15)7-12/h2-8H,1H3. The van der Waals surface area contributed by atoms with E-state index in [1.165, 1.54) is 30.8 Å². The van der Waals surface area contributed by atoms with Crippen LogP contribution in [0.5, 0.6) is 0 Å². The normalized spacial score (nSPS) is 10.3. The zero-order valence-corrected chi connectivity index (χ0v) is 12.1. The quantitative estimate of drug-likeness (QED) is 0.470. The third-order valence-electron chi connectivity index (χ3n) is 2.58. The number of hydrogen-bond acceptors (Lipinski definition) is 4. The summed E-state index contributed by atoms with van der Waals surface area (Å²) in [4.78, 5) is 23.4. The summed E-state index contributed by atoms with van der Waals surface area (Å²) < 4.78 is 0. The highest BCUT2D eigenvalue weighted by molar-refractivity contribution is 7.99. The minimum absolute atomic E-state index is 0.0920. The predicted molar refractivity (Wildman–Crippen MR) is 78.7 cm³/mol. The number of halogens is 1. The first-order valence-electron chi connectivity index (χ1n) is 5.70. The molecule has 0 amide bonds. The summed E-state index contributed by atoms with van der Waals surface area (Å²) in [5.41, 5.74) is 0.245. The molecule has 0 fully saturated rings. The summed E-state index contributed by atoms with van der Waals surface area (Å²) in [7, 11) is 0. The van der Waals surface area contributed by atoms with E-state index < -0.39 is 4.92 Å². The number of non-ortho nitro benzene ring substituents is 1. The highest BCUT2D eigenvalue weighted by Gasteiger charge is 2.14. The highest BCUT2D eigenvalue weighted by Crippen LogP contribution is 2.33. The van der Waals surface area contributed by atoms with Gasteiger partial charge in [-0.2, -0.15) is 0 Å². The van der Waals surface area contributed by atoms with Crippen LogP contribution in [0.4, 0.5) is 5.69 Å². The van der Waals surface area contributed by atoms with Crippen molar-refractivity contribution < 1.29 is 9.72 Å². The number of benzene rings is 2. The van der Waals surface area contributed by atoms with Crippen LogP contribution in [0.15, 0.2) is 52.3 Å². The van der Waals surface area contributed by atoms with E-state index in [0.717, 1.165) is 4.90 Å². The molecule has 0 heterocycles. The summed E-state index contributed by atoms with van der Waals surface area (Å²) in [5.74, 6) is -0.210. The van der Waals surface area contributed by atoms with E-state index in [4.69, 9.17) is 11.6 Å². The van der Waals surface area contributed by atoms with Gasteiger partial charge in [0, 0.05) is 32.5 Å². The van der Waals surface area contributed by atoms with Crippen LogP contribution < -0.4 is 0 Å². The van der Waals surface area contributed by atoms with Crippen molar-refractivity contribution in [2.75, 3.05) is 0 Å². The minimum atomic E-state index is -0.514. The van der Waals surface area contributed by atoms with E-state index in [-0.39, 0.29) is 11.5 Å². The fourth-order valence-electron chi connectivity index (χ4n) is 1.65. The van der Waals surface area contributed by atoms with Crippen molar-refractivity contribution in [2.45, 2.75) is 16.7 Å². The Balaban J connectivity index is 2.41. The maximum atomic E-state index is 11.6. The Morgan fingerprint density at radius 1 is 1.25 bits per heavy atom. The minimum Gasteiger partial charge on any atom is -0.294 e. The molecule has 0 N–H and O–H groups in total. The molecule has 4 nitrogen and oxygen atoms in total. The number of carbonyl (C=O) groups excluding carboxylic acids is 1. The lowest BCUT2D eigenvalue weighted by molar-refractivity contribution is -0.384. The van der Waals surface area contributed by atoms with Crippen LogP contribution in [0.1, 0.15) is 17.3 Å². The van der Waals surface area contributed by atoms with Crippen LogP contribution in [0.25, 0.3) is 0 Å². The molecule has 20 heavy (non-hydrogen) atoms. The van der Waals surface area contributed by atoms with Crippen molar-refractivity contribution in [3.8, 4) is 0 Å². The molecular formula is C14H10ClNO3S. The molecule has 2 aromatic rings. The Labute approximate surface area is 124 Å². The summed E-state index contributed by atoms with van der Waals surface area (Å²) in [6.45, 7) is 1.39. The van der Waals surface area contributed by atoms with Gasteiger partial charge in [-0.25, -0.2) is 0 Å². The zero-order chi connectivity index (χ0) is 14.7. The van der Waals surface area contributed by atoms with Gasteiger partial charge in [0.25, 0.3) is 5.69 Å². The smallest absolute Gasteiger partial charge is 0.270 e. The third kappa shape index (κ3) is 3.37. The van der Waals surface area contributed by atoms with Crippen molar-refractivity contribution in [2.24, 2.45) is 0 Å². The first kappa shape index (κ1) is 14.6. The second kappa shape index (κ2) is 6.07. The van der Waals surface area contributed by atoms with Crippen molar-refractivity contribution in [3.63, 3.8) is 0 Å². The first-order chi connectivity index (χ1) is 9.47. The molecule has 0 radical (unpaired) electrons. The van der Waals surface area contributed by atoms with Gasteiger partial charge >= 0.3 is 0 Å². The summed E-state index contributed by atoms with van der Waals surface area (Å²) in [6.07, 6.45) is 0. The van der Waals surface area contributed by atoms with E-state index in [1.54, 1.807) is 18.2 Å². The second-order valence-electron chi connectivity index (χ2n) is 4.05. The molecule has 0 aliphatic heterocycles. The second-order valence-corrected chi connectivity index (χ2v) is 5.60. The van der Waals surface area contributed by atoms with E-state index >= 15 is 0 Å². The Bertz CT molecular complexity index is 688. The first-order valence-corrected chi connectivity index (χ1v) is 6.89. The van der Waals surface area contributed by atoms with Crippen molar-refractivity contribution in [1.82, 2.24) is 0 Å². The van der Waals surface area contributed by atoms with Gasteiger partial charge in [0.15, 0.2) is 5.78 Å². The zero-order valence-electron chi connectivity index (χ0n) is 10.5. The predicted octanol–water partition coefficient (Wildman–Crippen LogP) is 4.60. The molecule has 0 aromatic heterocycles. The number of nitro benzene ring substituents is 1. The molecule has 102 valence electrons. The van der Waals surface area contributed by atoms with Gasteiger partial charge in [-0.3, -0.25) is 14.9 Å². The monoisotopic (exact) mass is 307 g/mol.